The van der Waals surface area contributed by atoms with Crippen LogP contribution >= 0.6 is 0 Å². The molecule has 2 aromatic rings. The van der Waals surface area contributed by atoms with Crippen molar-refractivity contribution in [2.24, 2.45) is 0 Å². The van der Waals surface area contributed by atoms with Crippen molar-refractivity contribution in [2.45, 2.75) is 23.4 Å². The zero-order chi connectivity index (χ0) is 15.2. The zero-order valence-corrected chi connectivity index (χ0v) is 13.0. The van der Waals surface area contributed by atoms with E-state index in [1.807, 2.05) is 30.3 Å². The van der Waals surface area contributed by atoms with Crippen LogP contribution in [0.15, 0.2) is 59.5 Å². The SMILES string of the molecule is O=S1(=O)N[C@]2(CCN(Cc3ccccc3)C2)c2ccccc21. The first-order chi connectivity index (χ1) is 10.6. The minimum absolute atomic E-state index is 0.441. The van der Waals surface area contributed by atoms with Crippen molar-refractivity contribution in [2.75, 3.05) is 13.1 Å². The molecule has 1 atom stereocenters. The van der Waals surface area contributed by atoms with Gasteiger partial charge in [0.05, 0.1) is 10.4 Å². The van der Waals surface area contributed by atoms with Gasteiger partial charge in [-0.1, -0.05) is 48.5 Å². The van der Waals surface area contributed by atoms with Crippen LogP contribution in [0.3, 0.4) is 0 Å². The van der Waals surface area contributed by atoms with Gasteiger partial charge in [-0.05, 0) is 23.6 Å². The summed E-state index contributed by atoms with van der Waals surface area (Å²) < 4.78 is 27.6. The van der Waals surface area contributed by atoms with Crippen molar-refractivity contribution in [1.82, 2.24) is 9.62 Å². The van der Waals surface area contributed by atoms with E-state index >= 15 is 0 Å². The molecule has 0 aliphatic carbocycles. The summed E-state index contributed by atoms with van der Waals surface area (Å²) in [6.45, 7) is 2.47. The Kier molecular flexibility index (Phi) is 3.11. The Balaban J connectivity index is 1.63. The molecule has 1 N–H and O–H groups in total. The zero-order valence-electron chi connectivity index (χ0n) is 12.2. The summed E-state index contributed by atoms with van der Waals surface area (Å²) in [4.78, 5) is 2.76. The number of hydrogen-bond donors (Lipinski definition) is 1. The summed E-state index contributed by atoms with van der Waals surface area (Å²) in [5.41, 5.74) is 1.73. The molecular formula is C17H18N2O2S. The van der Waals surface area contributed by atoms with E-state index in [0.717, 1.165) is 31.6 Å². The van der Waals surface area contributed by atoms with E-state index in [2.05, 4.69) is 21.8 Å². The average Bonchev–Trinajstić information content (AvgIpc) is 3.00. The summed E-state index contributed by atoms with van der Waals surface area (Å²) in [6, 6.07) is 17.7. The molecule has 0 amide bonds. The maximum absolute atomic E-state index is 12.3. The predicted octanol–water partition coefficient (Wildman–Crippen LogP) is 2.08. The molecule has 2 heterocycles. The van der Waals surface area contributed by atoms with Crippen molar-refractivity contribution in [3.8, 4) is 0 Å². The Morgan fingerprint density at radius 1 is 1.05 bits per heavy atom. The smallest absolute Gasteiger partial charge is 0.241 e. The summed E-state index contributed by atoms with van der Waals surface area (Å²) >= 11 is 0. The second-order valence-corrected chi connectivity index (χ2v) is 7.78. The molecule has 1 saturated heterocycles. The fourth-order valence-electron chi connectivity index (χ4n) is 3.63. The van der Waals surface area contributed by atoms with Gasteiger partial charge < -0.3 is 0 Å². The van der Waals surface area contributed by atoms with Gasteiger partial charge in [-0.25, -0.2) is 8.42 Å². The summed E-state index contributed by atoms with van der Waals surface area (Å²) in [5.74, 6) is 0. The van der Waals surface area contributed by atoms with Crippen LogP contribution in [0.1, 0.15) is 17.5 Å². The van der Waals surface area contributed by atoms with Crippen LogP contribution < -0.4 is 4.72 Å². The predicted molar refractivity (Wildman–Crippen MR) is 84.8 cm³/mol. The van der Waals surface area contributed by atoms with Crippen molar-refractivity contribution < 1.29 is 8.42 Å². The minimum atomic E-state index is -3.37. The lowest BCUT2D eigenvalue weighted by molar-refractivity contribution is 0.298. The third-order valence-electron chi connectivity index (χ3n) is 4.62. The summed E-state index contributed by atoms with van der Waals surface area (Å²) in [7, 11) is -3.37. The number of nitrogens with zero attached hydrogens (tertiary/aromatic N) is 1. The van der Waals surface area contributed by atoms with Crippen LogP contribution in [-0.2, 0) is 22.1 Å². The van der Waals surface area contributed by atoms with Gasteiger partial charge in [-0.15, -0.1) is 0 Å². The molecule has 2 aromatic carbocycles. The van der Waals surface area contributed by atoms with Crippen molar-refractivity contribution in [1.29, 1.82) is 0 Å². The van der Waals surface area contributed by atoms with E-state index in [1.165, 1.54) is 5.56 Å². The van der Waals surface area contributed by atoms with E-state index in [9.17, 15) is 8.42 Å². The van der Waals surface area contributed by atoms with Gasteiger partial charge in [0.2, 0.25) is 10.0 Å². The van der Waals surface area contributed by atoms with Crippen LogP contribution in [0.2, 0.25) is 0 Å². The molecule has 4 rings (SSSR count). The molecule has 1 fully saturated rings. The molecule has 2 aliphatic rings. The number of rotatable bonds is 2. The first kappa shape index (κ1) is 13.9. The number of benzene rings is 2. The van der Waals surface area contributed by atoms with Gasteiger partial charge in [0, 0.05) is 19.6 Å². The molecule has 4 nitrogen and oxygen atoms in total. The van der Waals surface area contributed by atoms with E-state index in [-0.39, 0.29) is 0 Å². The van der Waals surface area contributed by atoms with Crippen LogP contribution in [-0.4, -0.2) is 26.4 Å². The summed E-state index contributed by atoms with van der Waals surface area (Å²) in [6.07, 6.45) is 0.816. The quantitative estimate of drug-likeness (QED) is 0.923. The lowest BCUT2D eigenvalue weighted by Crippen LogP contribution is -2.41. The Bertz CT molecular complexity index is 804. The Labute approximate surface area is 130 Å². The second-order valence-electron chi connectivity index (χ2n) is 6.13. The highest BCUT2D eigenvalue weighted by Gasteiger charge is 2.49. The number of fused-ring (bicyclic) bond motifs is 2. The molecule has 0 saturated carbocycles. The van der Waals surface area contributed by atoms with E-state index in [4.69, 9.17) is 0 Å². The summed E-state index contributed by atoms with van der Waals surface area (Å²) in [5, 5.41) is 0. The molecule has 1 spiro atoms. The monoisotopic (exact) mass is 314 g/mol. The van der Waals surface area contributed by atoms with Crippen molar-refractivity contribution >= 4 is 10.0 Å². The molecular weight excluding hydrogens is 296 g/mol. The van der Waals surface area contributed by atoms with Gasteiger partial charge >= 0.3 is 0 Å². The second kappa shape index (κ2) is 4.91. The van der Waals surface area contributed by atoms with Crippen molar-refractivity contribution in [3.05, 3.63) is 65.7 Å². The number of sulfonamides is 1. The van der Waals surface area contributed by atoms with Crippen molar-refractivity contribution in [3.63, 3.8) is 0 Å². The number of likely N-dealkylation sites (tertiary alicyclic amines) is 1. The van der Waals surface area contributed by atoms with Crippen LogP contribution in [0, 0.1) is 0 Å². The van der Waals surface area contributed by atoms with Gasteiger partial charge in [-0.3, -0.25) is 4.90 Å². The lowest BCUT2D eigenvalue weighted by Gasteiger charge is -2.24. The van der Waals surface area contributed by atoms with E-state index in [0.29, 0.717) is 4.90 Å². The van der Waals surface area contributed by atoms with Crippen LogP contribution in [0.25, 0.3) is 0 Å². The highest BCUT2D eigenvalue weighted by molar-refractivity contribution is 7.89. The minimum Gasteiger partial charge on any atom is -0.297 e. The van der Waals surface area contributed by atoms with E-state index < -0.39 is 15.6 Å². The molecule has 0 radical (unpaired) electrons. The third-order valence-corrected chi connectivity index (χ3v) is 6.21. The molecule has 0 aromatic heterocycles. The number of hydrogen-bond acceptors (Lipinski definition) is 3. The third kappa shape index (κ3) is 2.17. The van der Waals surface area contributed by atoms with Gasteiger partial charge in [-0.2, -0.15) is 4.72 Å². The maximum Gasteiger partial charge on any atom is 0.241 e. The van der Waals surface area contributed by atoms with Crippen LogP contribution in [0.4, 0.5) is 0 Å². The molecule has 22 heavy (non-hydrogen) atoms. The van der Waals surface area contributed by atoms with E-state index in [1.54, 1.807) is 12.1 Å². The molecule has 2 aliphatic heterocycles. The van der Waals surface area contributed by atoms with Gasteiger partial charge in [0.25, 0.3) is 0 Å². The van der Waals surface area contributed by atoms with Gasteiger partial charge in [0.1, 0.15) is 0 Å². The average molecular weight is 314 g/mol. The normalized spacial score (nSPS) is 26.4. The van der Waals surface area contributed by atoms with Gasteiger partial charge in [0.15, 0.2) is 0 Å². The standard InChI is InChI=1S/C17H18N2O2S/c20-22(21)16-9-5-4-8-15(16)17(18-22)10-11-19(13-17)12-14-6-2-1-3-7-14/h1-9,18H,10-13H2/t17-/m0/s1. The Morgan fingerprint density at radius 2 is 1.77 bits per heavy atom. The lowest BCUT2D eigenvalue weighted by atomic mass is 9.90. The number of nitrogens with one attached hydrogen (secondary N) is 1. The Morgan fingerprint density at radius 3 is 2.59 bits per heavy atom. The molecule has 0 bridgehead atoms. The molecule has 114 valence electrons. The Hall–Kier alpha value is -1.69. The highest BCUT2D eigenvalue weighted by Crippen LogP contribution is 2.42. The topological polar surface area (TPSA) is 49.4 Å². The largest absolute Gasteiger partial charge is 0.297 e. The highest BCUT2D eigenvalue weighted by atomic mass is 32.2. The fraction of sp³-hybridized carbons (Fsp3) is 0.294. The maximum atomic E-state index is 12.3. The fourth-order valence-corrected chi connectivity index (χ4v) is 5.34. The van der Waals surface area contributed by atoms with Crippen LogP contribution in [0.5, 0.6) is 0 Å². The molecule has 5 heteroatoms. The molecule has 0 unspecified atom stereocenters. The first-order valence-corrected chi connectivity index (χ1v) is 8.97. The first-order valence-electron chi connectivity index (χ1n) is 7.49.